The van der Waals surface area contributed by atoms with E-state index in [2.05, 4.69) is 10.3 Å². The lowest BCUT2D eigenvalue weighted by Gasteiger charge is -2.15. The predicted molar refractivity (Wildman–Crippen MR) is 79.7 cm³/mol. The van der Waals surface area contributed by atoms with E-state index in [1.54, 1.807) is 31.6 Å². The molecular formula is C16H18N2O3. The highest BCUT2D eigenvalue weighted by molar-refractivity contribution is 5.93. The number of pyridine rings is 1. The number of nitrogens with zero attached hydrogens (tertiary/aromatic N) is 1. The van der Waals surface area contributed by atoms with E-state index in [9.17, 15) is 4.79 Å². The lowest BCUT2D eigenvalue weighted by Crippen LogP contribution is -2.33. The zero-order chi connectivity index (χ0) is 15.1. The second-order valence-corrected chi connectivity index (χ2v) is 4.55. The number of hydrogen-bond donors (Lipinski definition) is 1. The SMILES string of the molecule is COc1ccc(O[C@@H](C)CNC(=O)c2ccncc2)cc1. The summed E-state index contributed by atoms with van der Waals surface area (Å²) in [6.07, 6.45) is 3.04. The summed E-state index contributed by atoms with van der Waals surface area (Å²) in [5.41, 5.74) is 0.585. The summed E-state index contributed by atoms with van der Waals surface area (Å²) in [6.45, 7) is 2.32. The average Bonchev–Trinajstić information content (AvgIpc) is 2.54. The van der Waals surface area contributed by atoms with Crippen molar-refractivity contribution in [2.45, 2.75) is 13.0 Å². The number of hydrogen-bond acceptors (Lipinski definition) is 4. The van der Waals surface area contributed by atoms with Crippen LogP contribution in [0.3, 0.4) is 0 Å². The summed E-state index contributed by atoms with van der Waals surface area (Å²) in [4.78, 5) is 15.8. The number of carbonyl (C=O) groups excluding carboxylic acids is 1. The highest BCUT2D eigenvalue weighted by Gasteiger charge is 2.08. The van der Waals surface area contributed by atoms with Crippen molar-refractivity contribution >= 4 is 5.91 Å². The summed E-state index contributed by atoms with van der Waals surface area (Å²) < 4.78 is 10.8. The molecule has 110 valence electrons. The summed E-state index contributed by atoms with van der Waals surface area (Å²) in [6, 6.07) is 10.7. The Bertz CT molecular complexity index is 570. The van der Waals surface area contributed by atoms with Gasteiger partial charge in [0.15, 0.2) is 0 Å². The van der Waals surface area contributed by atoms with E-state index in [-0.39, 0.29) is 12.0 Å². The quantitative estimate of drug-likeness (QED) is 0.885. The van der Waals surface area contributed by atoms with E-state index in [0.29, 0.717) is 12.1 Å². The van der Waals surface area contributed by atoms with Gasteiger partial charge >= 0.3 is 0 Å². The fourth-order valence-electron chi connectivity index (χ4n) is 1.77. The van der Waals surface area contributed by atoms with Crippen LogP contribution in [0, 0.1) is 0 Å². The minimum absolute atomic E-state index is 0.135. The molecule has 1 heterocycles. The number of aromatic nitrogens is 1. The monoisotopic (exact) mass is 286 g/mol. The highest BCUT2D eigenvalue weighted by atomic mass is 16.5. The second-order valence-electron chi connectivity index (χ2n) is 4.55. The summed E-state index contributed by atoms with van der Waals surface area (Å²) in [5, 5.41) is 2.83. The molecule has 0 fully saturated rings. The van der Waals surface area contributed by atoms with E-state index < -0.39 is 0 Å². The van der Waals surface area contributed by atoms with Crippen LogP contribution in [0.2, 0.25) is 0 Å². The molecule has 1 aromatic heterocycles. The van der Waals surface area contributed by atoms with Crippen LogP contribution in [0.25, 0.3) is 0 Å². The van der Waals surface area contributed by atoms with Crippen molar-refractivity contribution in [3.05, 3.63) is 54.4 Å². The third-order valence-corrected chi connectivity index (χ3v) is 2.89. The zero-order valence-electron chi connectivity index (χ0n) is 12.1. The van der Waals surface area contributed by atoms with Crippen LogP contribution < -0.4 is 14.8 Å². The van der Waals surface area contributed by atoms with Crippen molar-refractivity contribution in [2.24, 2.45) is 0 Å². The molecule has 0 saturated carbocycles. The van der Waals surface area contributed by atoms with Crippen LogP contribution in [0.1, 0.15) is 17.3 Å². The fourth-order valence-corrected chi connectivity index (χ4v) is 1.77. The fraction of sp³-hybridized carbons (Fsp3) is 0.250. The molecule has 0 unspecified atom stereocenters. The molecule has 0 radical (unpaired) electrons. The Morgan fingerprint density at radius 1 is 1.14 bits per heavy atom. The maximum absolute atomic E-state index is 11.9. The molecule has 5 heteroatoms. The van der Waals surface area contributed by atoms with E-state index in [4.69, 9.17) is 9.47 Å². The van der Waals surface area contributed by atoms with Crippen LogP contribution in [-0.2, 0) is 0 Å². The van der Waals surface area contributed by atoms with Gasteiger partial charge in [0.25, 0.3) is 5.91 Å². The Hall–Kier alpha value is -2.56. The first-order valence-electron chi connectivity index (χ1n) is 6.68. The molecular weight excluding hydrogens is 268 g/mol. The van der Waals surface area contributed by atoms with E-state index >= 15 is 0 Å². The number of rotatable bonds is 6. The smallest absolute Gasteiger partial charge is 0.251 e. The van der Waals surface area contributed by atoms with Gasteiger partial charge in [-0.1, -0.05) is 0 Å². The van der Waals surface area contributed by atoms with Gasteiger partial charge < -0.3 is 14.8 Å². The summed E-state index contributed by atoms with van der Waals surface area (Å²) in [5.74, 6) is 1.38. The van der Waals surface area contributed by atoms with Crippen LogP contribution in [-0.4, -0.2) is 30.6 Å². The lowest BCUT2D eigenvalue weighted by molar-refractivity contribution is 0.0932. The summed E-state index contributed by atoms with van der Waals surface area (Å²) in [7, 11) is 1.62. The molecule has 0 aliphatic heterocycles. The molecule has 5 nitrogen and oxygen atoms in total. The second kappa shape index (κ2) is 7.28. The molecule has 1 amide bonds. The Labute approximate surface area is 123 Å². The first-order valence-corrected chi connectivity index (χ1v) is 6.68. The minimum atomic E-state index is -0.136. The van der Waals surface area contributed by atoms with Crippen molar-refractivity contribution in [3.63, 3.8) is 0 Å². The van der Waals surface area contributed by atoms with Gasteiger partial charge in [-0.25, -0.2) is 0 Å². The van der Waals surface area contributed by atoms with Crippen LogP contribution in [0.15, 0.2) is 48.8 Å². The molecule has 1 aromatic carbocycles. The van der Waals surface area contributed by atoms with Gasteiger partial charge in [-0.05, 0) is 43.3 Å². The summed E-state index contributed by atoms with van der Waals surface area (Å²) >= 11 is 0. The van der Waals surface area contributed by atoms with Crippen molar-refractivity contribution < 1.29 is 14.3 Å². The van der Waals surface area contributed by atoms with Gasteiger partial charge in [0.2, 0.25) is 0 Å². The maximum atomic E-state index is 11.9. The molecule has 0 aliphatic carbocycles. The number of benzene rings is 1. The Balaban J connectivity index is 1.81. The van der Waals surface area contributed by atoms with Crippen molar-refractivity contribution in [2.75, 3.05) is 13.7 Å². The van der Waals surface area contributed by atoms with Crippen LogP contribution in [0.4, 0.5) is 0 Å². The molecule has 21 heavy (non-hydrogen) atoms. The van der Waals surface area contributed by atoms with Crippen molar-refractivity contribution in [1.29, 1.82) is 0 Å². The molecule has 2 aromatic rings. The first-order chi connectivity index (χ1) is 10.2. The van der Waals surface area contributed by atoms with Crippen LogP contribution >= 0.6 is 0 Å². The number of ether oxygens (including phenoxy) is 2. The minimum Gasteiger partial charge on any atom is -0.497 e. The molecule has 2 rings (SSSR count). The van der Waals surface area contributed by atoms with Crippen LogP contribution in [0.5, 0.6) is 11.5 Å². The van der Waals surface area contributed by atoms with E-state index in [1.165, 1.54) is 0 Å². The van der Waals surface area contributed by atoms with Gasteiger partial charge in [0.1, 0.15) is 17.6 Å². The molecule has 0 saturated heterocycles. The highest BCUT2D eigenvalue weighted by Crippen LogP contribution is 2.17. The Morgan fingerprint density at radius 2 is 1.76 bits per heavy atom. The lowest BCUT2D eigenvalue weighted by atomic mass is 10.2. The third-order valence-electron chi connectivity index (χ3n) is 2.89. The van der Waals surface area contributed by atoms with E-state index in [1.807, 2.05) is 31.2 Å². The zero-order valence-corrected chi connectivity index (χ0v) is 12.1. The predicted octanol–water partition coefficient (Wildman–Crippen LogP) is 2.29. The molecule has 0 spiro atoms. The largest absolute Gasteiger partial charge is 0.497 e. The van der Waals surface area contributed by atoms with E-state index in [0.717, 1.165) is 11.5 Å². The number of nitrogens with one attached hydrogen (secondary N) is 1. The van der Waals surface area contributed by atoms with Gasteiger partial charge in [0, 0.05) is 18.0 Å². The molecule has 0 aliphatic rings. The van der Waals surface area contributed by atoms with Crippen molar-refractivity contribution in [3.8, 4) is 11.5 Å². The molecule has 0 bridgehead atoms. The van der Waals surface area contributed by atoms with Gasteiger partial charge in [-0.15, -0.1) is 0 Å². The van der Waals surface area contributed by atoms with Gasteiger partial charge in [-0.3, -0.25) is 9.78 Å². The molecule has 1 atom stereocenters. The maximum Gasteiger partial charge on any atom is 0.251 e. The first kappa shape index (κ1) is 14.8. The standard InChI is InChI=1S/C16H18N2O3/c1-12(21-15-5-3-14(20-2)4-6-15)11-18-16(19)13-7-9-17-10-8-13/h3-10,12H,11H2,1-2H3,(H,18,19)/t12-/m0/s1. The van der Waals surface area contributed by atoms with Gasteiger partial charge in [0.05, 0.1) is 13.7 Å². The molecule has 1 N–H and O–H groups in total. The normalized spacial score (nSPS) is 11.5. The Morgan fingerprint density at radius 3 is 2.38 bits per heavy atom. The Kier molecular flexibility index (Phi) is 5.15. The number of amides is 1. The average molecular weight is 286 g/mol. The third kappa shape index (κ3) is 4.49. The van der Waals surface area contributed by atoms with Gasteiger partial charge in [-0.2, -0.15) is 0 Å². The number of carbonyl (C=O) groups is 1. The van der Waals surface area contributed by atoms with Crippen molar-refractivity contribution in [1.82, 2.24) is 10.3 Å². The number of methoxy groups -OCH3 is 1. The topological polar surface area (TPSA) is 60.5 Å².